The summed E-state index contributed by atoms with van der Waals surface area (Å²) < 4.78 is 11.3. The van der Waals surface area contributed by atoms with Gasteiger partial charge in [0.15, 0.2) is 0 Å². The average molecular weight is 350 g/mol. The maximum atomic E-state index is 12.1. The number of anilines is 1. The van der Waals surface area contributed by atoms with E-state index in [0.29, 0.717) is 11.5 Å². The monoisotopic (exact) mass is 349 g/mol. The average Bonchev–Trinajstić information content (AvgIpc) is 2.50. The minimum absolute atomic E-state index is 0.106. The number of nitrogens with one attached hydrogen (secondary N) is 1. The van der Waals surface area contributed by atoms with Gasteiger partial charge in [0.1, 0.15) is 11.5 Å². The predicted octanol–water partition coefficient (Wildman–Crippen LogP) is 3.65. The third-order valence-corrected chi connectivity index (χ3v) is 3.68. The van der Waals surface area contributed by atoms with E-state index in [-0.39, 0.29) is 12.3 Å². The number of carbonyl (C=O) groups is 1. The quantitative estimate of drug-likeness (QED) is 0.896. The van der Waals surface area contributed by atoms with Crippen molar-refractivity contribution in [2.75, 3.05) is 19.5 Å². The fourth-order valence-electron chi connectivity index (χ4n) is 1.93. The molecule has 1 N–H and O–H groups in total. The Morgan fingerprint density at radius 1 is 1.14 bits per heavy atom. The van der Waals surface area contributed by atoms with E-state index in [1.165, 1.54) is 0 Å². The van der Waals surface area contributed by atoms with E-state index >= 15 is 0 Å². The Morgan fingerprint density at radius 3 is 2.57 bits per heavy atom. The number of hydrogen-bond donors (Lipinski definition) is 1. The molecule has 2 aromatic rings. The normalized spacial score (nSPS) is 10.0. The number of ether oxygens (including phenoxy) is 2. The van der Waals surface area contributed by atoms with Crippen LogP contribution < -0.4 is 14.8 Å². The van der Waals surface area contributed by atoms with Crippen LogP contribution in [-0.4, -0.2) is 20.1 Å². The van der Waals surface area contributed by atoms with Crippen LogP contribution in [0.3, 0.4) is 0 Å². The van der Waals surface area contributed by atoms with Gasteiger partial charge in [-0.25, -0.2) is 0 Å². The van der Waals surface area contributed by atoms with Crippen LogP contribution in [0.1, 0.15) is 5.56 Å². The van der Waals surface area contributed by atoms with E-state index in [1.807, 2.05) is 36.4 Å². The fourth-order valence-corrected chi connectivity index (χ4v) is 2.31. The van der Waals surface area contributed by atoms with Gasteiger partial charge in [0.25, 0.3) is 0 Å². The molecule has 0 aliphatic rings. The molecule has 0 atom stereocenters. The van der Waals surface area contributed by atoms with Gasteiger partial charge in [0.05, 0.1) is 26.3 Å². The third-order valence-electron chi connectivity index (χ3n) is 2.99. The molecule has 0 aliphatic heterocycles. The lowest BCUT2D eigenvalue weighted by Crippen LogP contribution is -2.15. The van der Waals surface area contributed by atoms with Gasteiger partial charge in [0, 0.05) is 16.1 Å². The Morgan fingerprint density at radius 2 is 1.90 bits per heavy atom. The van der Waals surface area contributed by atoms with Crippen LogP contribution in [0, 0.1) is 0 Å². The van der Waals surface area contributed by atoms with Gasteiger partial charge in [-0.3, -0.25) is 4.79 Å². The zero-order valence-corrected chi connectivity index (χ0v) is 13.4. The molecule has 0 aliphatic carbocycles. The molecule has 2 aromatic carbocycles. The van der Waals surface area contributed by atoms with Crippen LogP contribution in [0.5, 0.6) is 11.5 Å². The van der Waals surface area contributed by atoms with Crippen molar-refractivity contribution >= 4 is 27.5 Å². The molecule has 0 saturated heterocycles. The smallest absolute Gasteiger partial charge is 0.228 e. The summed E-state index contributed by atoms with van der Waals surface area (Å²) in [5, 5.41) is 2.87. The summed E-state index contributed by atoms with van der Waals surface area (Å²) in [6.45, 7) is 0. The van der Waals surface area contributed by atoms with E-state index in [9.17, 15) is 4.79 Å². The lowest BCUT2D eigenvalue weighted by atomic mass is 10.1. The summed E-state index contributed by atoms with van der Waals surface area (Å²) in [7, 11) is 3.16. The van der Waals surface area contributed by atoms with Crippen molar-refractivity contribution in [3.05, 3.63) is 52.5 Å². The highest BCUT2D eigenvalue weighted by atomic mass is 79.9. The molecule has 4 nitrogen and oxygen atoms in total. The number of benzene rings is 2. The number of para-hydroxylation sites is 1. The van der Waals surface area contributed by atoms with Gasteiger partial charge in [-0.1, -0.05) is 18.2 Å². The molecule has 0 unspecified atom stereocenters. The van der Waals surface area contributed by atoms with Crippen molar-refractivity contribution in [1.29, 1.82) is 0 Å². The van der Waals surface area contributed by atoms with Crippen LogP contribution in [-0.2, 0) is 11.2 Å². The summed E-state index contributed by atoms with van der Waals surface area (Å²) in [5.41, 5.74) is 1.55. The topological polar surface area (TPSA) is 47.6 Å². The van der Waals surface area contributed by atoms with Crippen LogP contribution in [0.15, 0.2) is 46.9 Å². The minimum atomic E-state index is -0.106. The highest BCUT2D eigenvalue weighted by Gasteiger charge is 2.11. The number of methoxy groups -OCH3 is 2. The van der Waals surface area contributed by atoms with Crippen LogP contribution in [0.4, 0.5) is 5.69 Å². The molecule has 0 saturated carbocycles. The predicted molar refractivity (Wildman–Crippen MR) is 86.0 cm³/mol. The second kappa shape index (κ2) is 7.13. The summed E-state index contributed by atoms with van der Waals surface area (Å²) in [6, 6.07) is 12.9. The van der Waals surface area contributed by atoms with E-state index in [4.69, 9.17) is 9.47 Å². The molecule has 21 heavy (non-hydrogen) atoms. The molecule has 0 aromatic heterocycles. The van der Waals surface area contributed by atoms with Gasteiger partial charge in [-0.05, 0) is 34.1 Å². The van der Waals surface area contributed by atoms with Crippen molar-refractivity contribution in [1.82, 2.24) is 0 Å². The van der Waals surface area contributed by atoms with Crippen molar-refractivity contribution in [2.24, 2.45) is 0 Å². The van der Waals surface area contributed by atoms with Crippen LogP contribution >= 0.6 is 15.9 Å². The maximum absolute atomic E-state index is 12.1. The van der Waals surface area contributed by atoms with Gasteiger partial charge < -0.3 is 14.8 Å². The van der Waals surface area contributed by atoms with E-state index in [0.717, 1.165) is 15.7 Å². The molecular weight excluding hydrogens is 334 g/mol. The number of carbonyl (C=O) groups excluding carboxylic acids is 1. The zero-order chi connectivity index (χ0) is 15.2. The number of rotatable bonds is 5. The zero-order valence-electron chi connectivity index (χ0n) is 11.9. The van der Waals surface area contributed by atoms with E-state index in [1.54, 1.807) is 20.3 Å². The summed E-state index contributed by atoms with van der Waals surface area (Å²) >= 11 is 3.40. The van der Waals surface area contributed by atoms with Crippen molar-refractivity contribution in [3.8, 4) is 11.5 Å². The lowest BCUT2D eigenvalue weighted by molar-refractivity contribution is -0.115. The fraction of sp³-hybridized carbons (Fsp3) is 0.188. The maximum Gasteiger partial charge on any atom is 0.228 e. The van der Waals surface area contributed by atoms with Gasteiger partial charge in [-0.15, -0.1) is 0 Å². The Labute approximate surface area is 132 Å². The van der Waals surface area contributed by atoms with Crippen molar-refractivity contribution in [3.63, 3.8) is 0 Å². The second-order valence-corrected chi connectivity index (χ2v) is 5.24. The Hall–Kier alpha value is -2.01. The van der Waals surface area contributed by atoms with Crippen LogP contribution in [0.2, 0.25) is 0 Å². The first-order chi connectivity index (χ1) is 10.1. The largest absolute Gasteiger partial charge is 0.497 e. The first-order valence-electron chi connectivity index (χ1n) is 6.39. The standard InChI is InChI=1S/C16H16BrNO3/c1-20-12-8-7-11(15(10-12)21-2)9-16(19)18-14-6-4-3-5-13(14)17/h3-8,10H,9H2,1-2H3,(H,18,19). The van der Waals surface area contributed by atoms with Crippen molar-refractivity contribution in [2.45, 2.75) is 6.42 Å². The summed E-state index contributed by atoms with van der Waals surface area (Å²) in [4.78, 5) is 12.1. The highest BCUT2D eigenvalue weighted by molar-refractivity contribution is 9.10. The molecule has 2 rings (SSSR count). The molecule has 0 spiro atoms. The van der Waals surface area contributed by atoms with Gasteiger partial charge >= 0.3 is 0 Å². The summed E-state index contributed by atoms with van der Waals surface area (Å²) in [5.74, 6) is 1.23. The SMILES string of the molecule is COc1ccc(CC(=O)Nc2ccccc2Br)c(OC)c1. The highest BCUT2D eigenvalue weighted by Crippen LogP contribution is 2.26. The first-order valence-corrected chi connectivity index (χ1v) is 7.18. The Bertz CT molecular complexity index is 643. The van der Waals surface area contributed by atoms with E-state index in [2.05, 4.69) is 21.2 Å². The second-order valence-electron chi connectivity index (χ2n) is 4.38. The molecule has 1 amide bonds. The van der Waals surface area contributed by atoms with Gasteiger partial charge in [-0.2, -0.15) is 0 Å². The minimum Gasteiger partial charge on any atom is -0.497 e. The van der Waals surface area contributed by atoms with Crippen molar-refractivity contribution < 1.29 is 14.3 Å². The molecule has 5 heteroatoms. The number of halogens is 1. The lowest BCUT2D eigenvalue weighted by Gasteiger charge is -2.11. The Kier molecular flexibility index (Phi) is 5.22. The molecule has 110 valence electrons. The number of hydrogen-bond acceptors (Lipinski definition) is 3. The van der Waals surface area contributed by atoms with Gasteiger partial charge in [0.2, 0.25) is 5.91 Å². The molecule has 0 bridgehead atoms. The van der Waals surface area contributed by atoms with Crippen LogP contribution in [0.25, 0.3) is 0 Å². The third kappa shape index (κ3) is 3.98. The van der Waals surface area contributed by atoms with E-state index < -0.39 is 0 Å². The number of amides is 1. The molecule has 0 fully saturated rings. The molecular formula is C16H16BrNO3. The molecule has 0 heterocycles. The molecule has 0 radical (unpaired) electrons. The summed E-state index contributed by atoms with van der Waals surface area (Å²) in [6.07, 6.45) is 0.231. The Balaban J connectivity index is 2.11. The first kappa shape index (κ1) is 15.4.